The molecule has 0 saturated heterocycles. The van der Waals surface area contributed by atoms with Gasteiger partial charge in [0.25, 0.3) is 0 Å². The summed E-state index contributed by atoms with van der Waals surface area (Å²) in [7, 11) is -4.00. The molecule has 1 atom stereocenters. The average molecular weight is 595 g/mol. The van der Waals surface area contributed by atoms with E-state index in [1.165, 1.54) is 47.4 Å². The fourth-order valence-electron chi connectivity index (χ4n) is 4.00. The number of benzene rings is 3. The van der Waals surface area contributed by atoms with E-state index in [9.17, 15) is 22.4 Å². The molecule has 3 aromatic rings. The second-order valence-electron chi connectivity index (χ2n) is 9.36. The number of nitrogens with zero attached hydrogens (tertiary/aromatic N) is 2. The van der Waals surface area contributed by atoms with Crippen molar-refractivity contribution in [2.75, 3.05) is 17.1 Å². The first-order valence-electron chi connectivity index (χ1n) is 12.2. The van der Waals surface area contributed by atoms with Crippen LogP contribution in [-0.4, -0.2) is 50.0 Å². The monoisotopic (exact) mass is 593 g/mol. The van der Waals surface area contributed by atoms with Gasteiger partial charge < -0.3 is 10.2 Å². The summed E-state index contributed by atoms with van der Waals surface area (Å²) in [6, 6.07) is 18.0. The van der Waals surface area contributed by atoms with E-state index in [0.29, 0.717) is 5.56 Å². The molecule has 11 heteroatoms. The molecular formula is C28H30Cl2FN3O4S. The summed E-state index contributed by atoms with van der Waals surface area (Å²) in [6.45, 7) is 2.90. The summed E-state index contributed by atoms with van der Waals surface area (Å²) < 4.78 is 40.1. The molecule has 0 aromatic heterocycles. The van der Waals surface area contributed by atoms with E-state index in [1.807, 2.05) is 30.3 Å². The minimum atomic E-state index is -4.00. The van der Waals surface area contributed by atoms with Crippen molar-refractivity contribution in [1.82, 2.24) is 10.2 Å². The number of nitrogens with one attached hydrogen (secondary N) is 1. The second-order valence-corrected chi connectivity index (χ2v) is 12.1. The summed E-state index contributed by atoms with van der Waals surface area (Å²) in [5.74, 6) is -1.51. The first kappa shape index (κ1) is 30.4. The number of sulfonamides is 1. The van der Waals surface area contributed by atoms with Crippen LogP contribution in [0.4, 0.5) is 10.1 Å². The topological polar surface area (TPSA) is 86.8 Å². The van der Waals surface area contributed by atoms with Gasteiger partial charge in [0.05, 0.1) is 22.0 Å². The van der Waals surface area contributed by atoms with Gasteiger partial charge in [0, 0.05) is 19.0 Å². The molecule has 0 radical (unpaired) electrons. The van der Waals surface area contributed by atoms with Crippen LogP contribution in [0.1, 0.15) is 25.0 Å². The molecule has 0 bridgehead atoms. The third kappa shape index (κ3) is 8.42. The van der Waals surface area contributed by atoms with E-state index in [0.717, 1.165) is 16.1 Å². The van der Waals surface area contributed by atoms with E-state index in [2.05, 4.69) is 5.32 Å². The van der Waals surface area contributed by atoms with Gasteiger partial charge in [-0.3, -0.25) is 13.9 Å². The fraction of sp³-hybridized carbons (Fsp3) is 0.286. The van der Waals surface area contributed by atoms with Crippen LogP contribution in [0.15, 0.2) is 72.8 Å². The first-order valence-corrected chi connectivity index (χ1v) is 14.8. The lowest BCUT2D eigenvalue weighted by Gasteiger charge is -2.34. The minimum Gasteiger partial charge on any atom is -0.352 e. The average Bonchev–Trinajstić information content (AvgIpc) is 2.87. The van der Waals surface area contributed by atoms with E-state index in [-0.39, 0.29) is 34.7 Å². The van der Waals surface area contributed by atoms with Crippen LogP contribution in [-0.2, 0) is 32.6 Å². The third-order valence-electron chi connectivity index (χ3n) is 5.85. The number of rotatable bonds is 11. The van der Waals surface area contributed by atoms with Crippen molar-refractivity contribution in [3.8, 4) is 0 Å². The number of carbonyl (C=O) groups is 2. The molecule has 7 nitrogen and oxygen atoms in total. The quantitative estimate of drug-likeness (QED) is 0.336. The van der Waals surface area contributed by atoms with Crippen LogP contribution in [0.3, 0.4) is 0 Å². The van der Waals surface area contributed by atoms with Crippen LogP contribution < -0.4 is 9.62 Å². The number of anilines is 1. The maximum atomic E-state index is 14.0. The number of amides is 2. The minimum absolute atomic E-state index is 0.0270. The molecule has 0 fully saturated rings. The van der Waals surface area contributed by atoms with Crippen LogP contribution in [0.5, 0.6) is 0 Å². The van der Waals surface area contributed by atoms with Crippen molar-refractivity contribution in [3.05, 3.63) is 99.8 Å². The van der Waals surface area contributed by atoms with Crippen molar-refractivity contribution in [3.63, 3.8) is 0 Å². The zero-order valence-corrected chi connectivity index (χ0v) is 24.1. The fourth-order valence-corrected chi connectivity index (χ4v) is 5.30. The molecular weight excluding hydrogens is 564 g/mol. The molecule has 0 heterocycles. The molecule has 0 saturated carbocycles. The summed E-state index contributed by atoms with van der Waals surface area (Å²) in [5.41, 5.74) is 1.40. The highest BCUT2D eigenvalue weighted by atomic mass is 35.5. The highest BCUT2D eigenvalue weighted by molar-refractivity contribution is 7.92. The largest absolute Gasteiger partial charge is 0.352 e. The Bertz CT molecular complexity index is 1400. The van der Waals surface area contributed by atoms with Gasteiger partial charge in [-0.25, -0.2) is 12.8 Å². The molecule has 0 aliphatic heterocycles. The molecule has 208 valence electrons. The summed E-state index contributed by atoms with van der Waals surface area (Å²) in [4.78, 5) is 28.7. The van der Waals surface area contributed by atoms with Crippen molar-refractivity contribution in [1.29, 1.82) is 0 Å². The highest BCUT2D eigenvalue weighted by Gasteiger charge is 2.33. The molecule has 0 spiro atoms. The van der Waals surface area contributed by atoms with Gasteiger partial charge in [-0.1, -0.05) is 71.7 Å². The molecule has 39 heavy (non-hydrogen) atoms. The normalized spacial score (nSPS) is 12.2. The van der Waals surface area contributed by atoms with Gasteiger partial charge >= 0.3 is 0 Å². The van der Waals surface area contributed by atoms with Crippen LogP contribution in [0, 0.1) is 5.82 Å². The maximum Gasteiger partial charge on any atom is 0.244 e. The van der Waals surface area contributed by atoms with Crippen molar-refractivity contribution in [2.24, 2.45) is 0 Å². The Balaban J connectivity index is 2.07. The predicted octanol–water partition coefficient (Wildman–Crippen LogP) is 5.06. The van der Waals surface area contributed by atoms with Gasteiger partial charge in [0.2, 0.25) is 21.8 Å². The Kier molecular flexibility index (Phi) is 10.4. The Hall–Kier alpha value is -3.14. The lowest BCUT2D eigenvalue weighted by atomic mass is 10.0. The van der Waals surface area contributed by atoms with Gasteiger partial charge in [0.15, 0.2) is 0 Å². The summed E-state index contributed by atoms with van der Waals surface area (Å²) in [5, 5.41) is 2.96. The number of halogens is 3. The lowest BCUT2D eigenvalue weighted by molar-refractivity contribution is -0.140. The molecule has 0 aliphatic rings. The number of hydrogen-bond donors (Lipinski definition) is 1. The SMILES string of the molecule is CC(C)NC(=O)[C@H](Cc1ccccc1)N(Cc1ccc(F)cc1)C(=O)CN(c1cccc(Cl)c1Cl)S(C)(=O)=O. The van der Waals surface area contributed by atoms with Crippen molar-refractivity contribution < 1.29 is 22.4 Å². The first-order chi connectivity index (χ1) is 18.4. The molecule has 1 N–H and O–H groups in total. The predicted molar refractivity (Wildman–Crippen MR) is 153 cm³/mol. The third-order valence-corrected chi connectivity index (χ3v) is 7.78. The molecule has 0 unspecified atom stereocenters. The van der Waals surface area contributed by atoms with Gasteiger partial charge in [-0.05, 0) is 49.2 Å². The smallest absolute Gasteiger partial charge is 0.244 e. The molecule has 2 amide bonds. The van der Waals surface area contributed by atoms with E-state index in [1.54, 1.807) is 13.8 Å². The van der Waals surface area contributed by atoms with Crippen molar-refractivity contribution in [2.45, 2.75) is 38.9 Å². The van der Waals surface area contributed by atoms with Crippen LogP contribution >= 0.6 is 23.2 Å². The standard InChI is InChI=1S/C28H30Cl2FN3O4S/c1-19(2)32-28(36)25(16-20-8-5-4-6-9-20)33(17-21-12-14-22(31)15-13-21)26(35)18-34(39(3,37)38)24-11-7-10-23(29)27(24)30/h4-15,19,25H,16-18H2,1-3H3,(H,32,36)/t25-/m0/s1. The second kappa shape index (κ2) is 13.3. The van der Waals surface area contributed by atoms with Gasteiger partial charge in [0.1, 0.15) is 18.4 Å². The molecule has 3 aromatic carbocycles. The zero-order chi connectivity index (χ0) is 28.7. The highest BCUT2D eigenvalue weighted by Crippen LogP contribution is 2.33. The van der Waals surface area contributed by atoms with Gasteiger partial charge in [-0.2, -0.15) is 0 Å². The summed E-state index contributed by atoms with van der Waals surface area (Å²) >= 11 is 12.4. The number of hydrogen-bond acceptors (Lipinski definition) is 4. The number of carbonyl (C=O) groups excluding carboxylic acids is 2. The Morgan fingerprint density at radius 2 is 1.56 bits per heavy atom. The maximum absolute atomic E-state index is 14.0. The Morgan fingerprint density at radius 3 is 2.15 bits per heavy atom. The Morgan fingerprint density at radius 1 is 0.923 bits per heavy atom. The van der Waals surface area contributed by atoms with Crippen LogP contribution in [0.25, 0.3) is 0 Å². The lowest BCUT2D eigenvalue weighted by Crippen LogP contribution is -2.54. The van der Waals surface area contributed by atoms with Crippen LogP contribution in [0.2, 0.25) is 10.0 Å². The van der Waals surface area contributed by atoms with E-state index < -0.39 is 40.2 Å². The molecule has 0 aliphatic carbocycles. The van der Waals surface area contributed by atoms with E-state index in [4.69, 9.17) is 23.2 Å². The molecule has 3 rings (SSSR count). The van der Waals surface area contributed by atoms with Gasteiger partial charge in [-0.15, -0.1) is 0 Å². The van der Waals surface area contributed by atoms with Crippen molar-refractivity contribution >= 4 is 50.7 Å². The Labute approximate surface area is 238 Å². The zero-order valence-electron chi connectivity index (χ0n) is 21.8. The van der Waals surface area contributed by atoms with E-state index >= 15 is 0 Å². The summed E-state index contributed by atoms with van der Waals surface area (Å²) in [6.07, 6.45) is 1.12.